The molecular weight excluding hydrogens is 290 g/mol. The number of hydrogen-bond donors (Lipinski definition) is 2. The molecule has 1 aromatic carbocycles. The number of hydrogen-bond acceptors (Lipinski definition) is 4. The first-order chi connectivity index (χ1) is 10.0. The Kier molecular flexibility index (Phi) is 3.67. The van der Waals surface area contributed by atoms with Crippen LogP contribution in [0.25, 0.3) is 11.0 Å². The number of rotatable bonds is 4. The zero-order valence-electron chi connectivity index (χ0n) is 11.5. The molecule has 0 spiro atoms. The fraction of sp³-hybridized carbons (Fsp3) is 0.429. The molecule has 1 atom stereocenters. The van der Waals surface area contributed by atoms with Gasteiger partial charge in [-0.25, -0.2) is 13.4 Å². The first-order valence-corrected chi connectivity index (χ1v) is 8.77. The number of benzene rings is 1. The van der Waals surface area contributed by atoms with Crippen molar-refractivity contribution in [3.8, 4) is 0 Å². The zero-order valence-corrected chi connectivity index (χ0v) is 12.3. The van der Waals surface area contributed by atoms with E-state index in [1.807, 2.05) is 0 Å². The summed E-state index contributed by atoms with van der Waals surface area (Å²) < 4.78 is 22.7. The van der Waals surface area contributed by atoms with Gasteiger partial charge in [-0.2, -0.15) is 0 Å². The maximum Gasteiger partial charge on any atom is 0.251 e. The number of carbonyl (C=O) groups excluding carboxylic acids is 1. The lowest BCUT2D eigenvalue weighted by Crippen LogP contribution is -2.26. The topological polar surface area (TPSA) is 91.9 Å². The molecule has 1 amide bonds. The molecule has 1 aromatic heterocycles. The van der Waals surface area contributed by atoms with Crippen LogP contribution < -0.4 is 5.32 Å². The predicted octanol–water partition coefficient (Wildman–Crippen LogP) is 1.12. The second-order valence-corrected chi connectivity index (χ2v) is 7.68. The van der Waals surface area contributed by atoms with E-state index in [4.69, 9.17) is 0 Å². The molecule has 1 fully saturated rings. The van der Waals surface area contributed by atoms with E-state index in [-0.39, 0.29) is 23.3 Å². The van der Waals surface area contributed by atoms with Crippen LogP contribution in [0.5, 0.6) is 0 Å². The minimum atomic E-state index is -2.84. The van der Waals surface area contributed by atoms with Crippen LogP contribution in [0.15, 0.2) is 24.5 Å². The van der Waals surface area contributed by atoms with Gasteiger partial charge >= 0.3 is 0 Å². The summed E-state index contributed by atoms with van der Waals surface area (Å²) in [6.45, 7) is 0.500. The molecule has 0 saturated carbocycles. The van der Waals surface area contributed by atoms with Gasteiger partial charge in [0.1, 0.15) is 0 Å². The van der Waals surface area contributed by atoms with E-state index in [2.05, 4.69) is 15.3 Å². The number of nitrogens with one attached hydrogen (secondary N) is 2. The highest BCUT2D eigenvalue weighted by Gasteiger charge is 2.27. The van der Waals surface area contributed by atoms with Crippen LogP contribution in [0.4, 0.5) is 0 Å². The highest BCUT2D eigenvalue weighted by molar-refractivity contribution is 7.91. The van der Waals surface area contributed by atoms with E-state index in [0.29, 0.717) is 24.9 Å². The molecule has 112 valence electrons. The quantitative estimate of drug-likeness (QED) is 0.885. The first kappa shape index (κ1) is 14.1. The summed E-state index contributed by atoms with van der Waals surface area (Å²) >= 11 is 0. The Labute approximate surface area is 122 Å². The molecule has 0 radical (unpaired) electrons. The summed E-state index contributed by atoms with van der Waals surface area (Å²) in [6.07, 6.45) is 3.00. The van der Waals surface area contributed by atoms with E-state index in [9.17, 15) is 13.2 Å². The van der Waals surface area contributed by atoms with Crippen LogP contribution in [0.2, 0.25) is 0 Å². The van der Waals surface area contributed by atoms with Crippen LogP contribution in [0.1, 0.15) is 23.2 Å². The Bertz CT molecular complexity index is 767. The number of fused-ring (bicyclic) bond motifs is 1. The minimum Gasteiger partial charge on any atom is -0.352 e. The number of nitrogens with zero attached hydrogens (tertiary/aromatic N) is 1. The molecule has 6 nitrogen and oxygen atoms in total. The molecule has 1 saturated heterocycles. The van der Waals surface area contributed by atoms with Gasteiger partial charge in [0.2, 0.25) is 0 Å². The number of H-pyrrole nitrogens is 1. The molecule has 1 aliphatic heterocycles. The molecule has 7 heteroatoms. The third-order valence-electron chi connectivity index (χ3n) is 3.85. The lowest BCUT2D eigenvalue weighted by molar-refractivity contribution is 0.0952. The first-order valence-electron chi connectivity index (χ1n) is 6.95. The van der Waals surface area contributed by atoms with Crippen LogP contribution in [0, 0.1) is 5.92 Å². The summed E-state index contributed by atoms with van der Waals surface area (Å²) in [5.74, 6) is 0.559. The summed E-state index contributed by atoms with van der Waals surface area (Å²) in [6, 6.07) is 5.29. The van der Waals surface area contributed by atoms with Gasteiger partial charge in [-0.1, -0.05) is 0 Å². The van der Waals surface area contributed by atoms with Gasteiger partial charge in [-0.05, 0) is 37.0 Å². The van der Waals surface area contributed by atoms with Gasteiger partial charge in [0.05, 0.1) is 28.9 Å². The van der Waals surface area contributed by atoms with Crippen LogP contribution in [0.3, 0.4) is 0 Å². The highest BCUT2D eigenvalue weighted by atomic mass is 32.2. The Hall–Kier alpha value is -1.89. The smallest absolute Gasteiger partial charge is 0.251 e. The molecule has 1 aliphatic rings. The van der Waals surface area contributed by atoms with Crippen molar-refractivity contribution in [3.63, 3.8) is 0 Å². The van der Waals surface area contributed by atoms with E-state index < -0.39 is 9.84 Å². The monoisotopic (exact) mass is 307 g/mol. The second-order valence-electron chi connectivity index (χ2n) is 5.45. The minimum absolute atomic E-state index is 0.146. The van der Waals surface area contributed by atoms with Gasteiger partial charge in [0.15, 0.2) is 9.84 Å². The van der Waals surface area contributed by atoms with Gasteiger partial charge in [-0.15, -0.1) is 0 Å². The average Bonchev–Trinajstić information content (AvgIpc) is 3.04. The number of carbonyl (C=O) groups is 1. The summed E-state index contributed by atoms with van der Waals surface area (Å²) in [5.41, 5.74) is 2.22. The third-order valence-corrected chi connectivity index (χ3v) is 5.68. The summed E-state index contributed by atoms with van der Waals surface area (Å²) in [4.78, 5) is 19.1. The van der Waals surface area contributed by atoms with Crippen molar-refractivity contribution in [2.75, 3.05) is 18.1 Å². The number of sulfone groups is 1. The molecule has 3 rings (SSSR count). The van der Waals surface area contributed by atoms with Crippen molar-refractivity contribution in [1.29, 1.82) is 0 Å². The summed E-state index contributed by atoms with van der Waals surface area (Å²) in [7, 11) is -2.84. The SMILES string of the molecule is O=C(NCCC1CCS(=O)(=O)C1)c1ccc2nc[nH]c2c1. The van der Waals surface area contributed by atoms with E-state index in [1.54, 1.807) is 24.5 Å². The van der Waals surface area contributed by atoms with Crippen molar-refractivity contribution < 1.29 is 13.2 Å². The molecule has 0 bridgehead atoms. The van der Waals surface area contributed by atoms with Crippen molar-refractivity contribution in [1.82, 2.24) is 15.3 Å². The maximum absolute atomic E-state index is 12.0. The molecule has 2 aromatic rings. The van der Waals surface area contributed by atoms with Crippen molar-refractivity contribution in [3.05, 3.63) is 30.1 Å². The van der Waals surface area contributed by atoms with Gasteiger partial charge in [0, 0.05) is 12.1 Å². The third kappa shape index (κ3) is 3.24. The van der Waals surface area contributed by atoms with Gasteiger partial charge in [-0.3, -0.25) is 4.79 Å². The standard InChI is InChI=1S/C14H17N3O3S/c18-14(11-1-2-12-13(7-11)17-9-16-12)15-5-3-10-4-6-21(19,20)8-10/h1-2,7,9-10H,3-6,8H2,(H,15,18)(H,16,17). The van der Waals surface area contributed by atoms with Gasteiger partial charge in [0.25, 0.3) is 5.91 Å². The van der Waals surface area contributed by atoms with Crippen LogP contribution >= 0.6 is 0 Å². The Morgan fingerprint density at radius 3 is 3.05 bits per heavy atom. The Morgan fingerprint density at radius 2 is 2.29 bits per heavy atom. The molecule has 21 heavy (non-hydrogen) atoms. The lowest BCUT2D eigenvalue weighted by Gasteiger charge is -2.09. The summed E-state index contributed by atoms with van der Waals surface area (Å²) in [5, 5.41) is 2.84. The Balaban J connectivity index is 1.54. The molecule has 2 N–H and O–H groups in total. The van der Waals surface area contributed by atoms with Crippen molar-refractivity contribution in [2.24, 2.45) is 5.92 Å². The largest absolute Gasteiger partial charge is 0.352 e. The van der Waals surface area contributed by atoms with E-state index in [0.717, 1.165) is 11.0 Å². The van der Waals surface area contributed by atoms with E-state index >= 15 is 0 Å². The maximum atomic E-state index is 12.0. The van der Waals surface area contributed by atoms with Crippen LogP contribution in [-0.4, -0.2) is 42.3 Å². The number of amides is 1. The number of aromatic amines is 1. The molecular formula is C14H17N3O3S. The molecule has 2 heterocycles. The normalized spacial score (nSPS) is 20.7. The van der Waals surface area contributed by atoms with Crippen LogP contribution in [-0.2, 0) is 9.84 Å². The zero-order chi connectivity index (χ0) is 14.9. The Morgan fingerprint density at radius 1 is 1.43 bits per heavy atom. The predicted molar refractivity (Wildman–Crippen MR) is 79.8 cm³/mol. The fourth-order valence-corrected chi connectivity index (χ4v) is 4.58. The highest BCUT2D eigenvalue weighted by Crippen LogP contribution is 2.21. The number of aromatic nitrogens is 2. The molecule has 0 aliphatic carbocycles. The van der Waals surface area contributed by atoms with E-state index in [1.165, 1.54) is 0 Å². The number of imidazole rings is 1. The lowest BCUT2D eigenvalue weighted by atomic mass is 10.1. The van der Waals surface area contributed by atoms with Crippen molar-refractivity contribution in [2.45, 2.75) is 12.8 Å². The molecule has 1 unspecified atom stereocenters. The fourth-order valence-electron chi connectivity index (χ4n) is 2.67. The van der Waals surface area contributed by atoms with Crippen molar-refractivity contribution >= 4 is 26.8 Å². The van der Waals surface area contributed by atoms with Gasteiger partial charge < -0.3 is 10.3 Å². The average molecular weight is 307 g/mol. The second kappa shape index (κ2) is 5.48.